The molecule has 3 nitrogen and oxygen atoms in total. The molecule has 0 fully saturated rings. The molecule has 1 N–H and O–H groups in total. The van der Waals surface area contributed by atoms with Crippen LogP contribution in [0, 0.1) is 0 Å². The Kier molecular flexibility index (Phi) is 4.23. The van der Waals surface area contributed by atoms with Gasteiger partial charge in [0.15, 0.2) is 0 Å². The molecule has 0 atom stereocenters. The first-order valence-corrected chi connectivity index (χ1v) is 11.5. The van der Waals surface area contributed by atoms with E-state index in [-0.39, 0.29) is 0 Å². The van der Waals surface area contributed by atoms with Crippen molar-refractivity contribution in [2.75, 3.05) is 9.65 Å². The Morgan fingerprint density at radius 1 is 0.889 bits per heavy atom. The van der Waals surface area contributed by atoms with E-state index >= 15 is 0 Å². The Balaban J connectivity index is 2.21. The molecule has 0 saturated heterocycles. The van der Waals surface area contributed by atoms with Crippen LogP contribution in [-0.2, 0) is 7.19 Å². The molecule has 0 saturated carbocycles. The number of hydrogen-bond donors (Lipinski definition) is 1. The van der Waals surface area contributed by atoms with Gasteiger partial charge in [-0.3, -0.25) is 0 Å². The van der Waals surface area contributed by atoms with Gasteiger partial charge in [0, 0.05) is 0 Å². The van der Waals surface area contributed by atoms with Gasteiger partial charge in [-0.1, -0.05) is 0 Å². The van der Waals surface area contributed by atoms with E-state index in [9.17, 15) is 8.42 Å². The second-order valence-corrected chi connectivity index (χ2v) is 11.1. The Bertz CT molecular complexity index is 609. The van der Waals surface area contributed by atoms with Gasteiger partial charge in [0.1, 0.15) is 0 Å². The number of anilines is 1. The molecule has 0 aliphatic carbocycles. The van der Waals surface area contributed by atoms with E-state index in [1.807, 2.05) is 42.5 Å². The van der Waals surface area contributed by atoms with Crippen LogP contribution in [0.3, 0.4) is 0 Å². The fourth-order valence-corrected chi connectivity index (χ4v) is 3.46. The average Bonchev–Trinajstić information content (AvgIpc) is 2.40. The summed E-state index contributed by atoms with van der Waals surface area (Å²) in [4.78, 5) is 1.72. The Morgan fingerprint density at radius 3 is 2.00 bits per heavy atom. The summed E-state index contributed by atoms with van der Waals surface area (Å²) in [6.45, 7) is 0. The minimum absolute atomic E-state index is 0.622. The molecule has 18 heavy (non-hydrogen) atoms. The van der Waals surface area contributed by atoms with Crippen molar-refractivity contribution in [2.24, 2.45) is 0 Å². The van der Waals surface area contributed by atoms with Crippen molar-refractivity contribution in [3.05, 3.63) is 54.6 Å². The van der Waals surface area contributed by atoms with Crippen LogP contribution in [0.5, 0.6) is 0 Å². The molecular weight excluding hydrogens is 361 g/mol. The molecule has 96 valence electrons. The van der Waals surface area contributed by atoms with Crippen molar-refractivity contribution in [1.29, 1.82) is 0 Å². The van der Waals surface area contributed by atoms with Crippen molar-refractivity contribution in [1.82, 2.24) is 0 Å². The molecule has 2 rings (SSSR count). The van der Waals surface area contributed by atoms with E-state index in [0.717, 1.165) is 11.1 Å². The van der Waals surface area contributed by atoms with E-state index in [4.69, 9.17) is 0 Å². The maximum absolute atomic E-state index is 11.5. The predicted octanol–water partition coefficient (Wildman–Crippen LogP) is -0.271. The normalized spacial score (nSPS) is 11.4. The molecule has 0 aliphatic heterocycles. The summed E-state index contributed by atoms with van der Waals surface area (Å²) in [5.41, 5.74) is 2.82. The molecule has 0 spiro atoms. The number of nitrogens with one attached hydrogen (secondary N) is 1. The summed E-state index contributed by atoms with van der Waals surface area (Å²) in [6.07, 6.45) is 0. The van der Waals surface area contributed by atoms with Crippen molar-refractivity contribution >= 4 is 12.9 Å². The topological polar surface area (TPSA) is 46.2 Å². The summed E-state index contributed by atoms with van der Waals surface area (Å²) in [6, 6.07) is 17.4. The fraction of sp³-hybridized carbons (Fsp3) is 0.0769. The van der Waals surface area contributed by atoms with Gasteiger partial charge in [0.25, 0.3) is 0 Å². The Hall–Kier alpha value is -1.08. The zero-order chi connectivity index (χ0) is 13.0. The number of benzene rings is 2. The van der Waals surface area contributed by atoms with Crippen LogP contribution < -0.4 is 24.5 Å². The van der Waals surface area contributed by atoms with Gasteiger partial charge in [0.05, 0.1) is 0 Å². The van der Waals surface area contributed by atoms with Crippen LogP contribution in [0.15, 0.2) is 54.6 Å². The zero-order valence-electron chi connectivity index (χ0n) is 9.80. The van der Waals surface area contributed by atoms with Crippen molar-refractivity contribution < 1.29 is 28.2 Å². The molecule has 0 radical (unpaired) electrons. The SMILES string of the molecule is C[I-]S(=O)(=O)Nc1ccc(-c2ccccc2)cc1. The number of hydrogen-bond acceptors (Lipinski definition) is 2. The third-order valence-electron chi connectivity index (χ3n) is 2.43. The van der Waals surface area contributed by atoms with Crippen molar-refractivity contribution in [3.63, 3.8) is 0 Å². The van der Waals surface area contributed by atoms with E-state index in [2.05, 4.69) is 4.72 Å². The minimum atomic E-state index is -3.09. The van der Waals surface area contributed by atoms with E-state index in [1.165, 1.54) is 0 Å². The van der Waals surface area contributed by atoms with Gasteiger partial charge in [-0.25, -0.2) is 0 Å². The maximum atomic E-state index is 11.5. The summed E-state index contributed by atoms with van der Waals surface area (Å²) < 4.78 is 25.5. The molecule has 0 aliphatic rings. The molecule has 0 amide bonds. The van der Waals surface area contributed by atoms with Crippen molar-refractivity contribution in [2.45, 2.75) is 0 Å². The van der Waals surface area contributed by atoms with Gasteiger partial charge in [0.2, 0.25) is 0 Å². The quantitative estimate of drug-likeness (QED) is 0.455. The molecule has 0 bridgehead atoms. The Morgan fingerprint density at radius 2 is 1.44 bits per heavy atom. The standard InChI is InChI=1S/C13H13INO2S/c1-14-18(16,17)15-13-9-7-12(8-10-13)11-5-3-2-4-6-11/h2-10,15H,1H3/q-1. The third-order valence-corrected chi connectivity index (χ3v) is 7.46. The molecular formula is C13H13INO2S-. The molecule has 2 aromatic carbocycles. The van der Waals surface area contributed by atoms with Crippen molar-refractivity contribution in [3.8, 4) is 11.1 Å². The van der Waals surface area contributed by atoms with Crippen LogP contribution in [0.2, 0.25) is 0 Å². The predicted molar refractivity (Wildman–Crippen MR) is 70.3 cm³/mol. The number of halogens is 1. The number of alkyl halides is 1. The van der Waals surface area contributed by atoms with Crippen LogP contribution in [0.25, 0.3) is 11.1 Å². The van der Waals surface area contributed by atoms with Gasteiger partial charge in [-0.05, 0) is 0 Å². The van der Waals surface area contributed by atoms with E-state index in [1.54, 1.807) is 17.1 Å². The van der Waals surface area contributed by atoms with Crippen LogP contribution >= 0.6 is 0 Å². The molecule has 5 heteroatoms. The summed E-state index contributed by atoms with van der Waals surface area (Å²) in [5.74, 6) is 0. The first-order chi connectivity index (χ1) is 8.61. The van der Waals surface area contributed by atoms with Gasteiger partial charge >= 0.3 is 116 Å². The summed E-state index contributed by atoms with van der Waals surface area (Å²) in [7, 11) is -3.09. The second-order valence-electron chi connectivity index (χ2n) is 3.64. The van der Waals surface area contributed by atoms with Crippen LogP contribution in [0.4, 0.5) is 5.69 Å². The first-order valence-electron chi connectivity index (χ1n) is 5.30. The molecule has 0 unspecified atom stereocenters. The molecule has 2 aromatic rings. The summed E-state index contributed by atoms with van der Waals surface area (Å²) in [5, 5.41) is 0. The van der Waals surface area contributed by atoms with Crippen LogP contribution in [0.1, 0.15) is 0 Å². The van der Waals surface area contributed by atoms with Gasteiger partial charge in [-0.15, -0.1) is 0 Å². The van der Waals surface area contributed by atoms with E-state index in [0.29, 0.717) is 5.69 Å². The average molecular weight is 374 g/mol. The monoisotopic (exact) mass is 374 g/mol. The zero-order valence-corrected chi connectivity index (χ0v) is 12.8. The van der Waals surface area contributed by atoms with E-state index < -0.39 is 27.0 Å². The van der Waals surface area contributed by atoms with Crippen LogP contribution in [-0.4, -0.2) is 13.3 Å². The first kappa shape index (κ1) is 13.4. The summed E-state index contributed by atoms with van der Waals surface area (Å²) >= 11 is -0.856. The number of rotatable bonds is 4. The van der Waals surface area contributed by atoms with Gasteiger partial charge < -0.3 is 0 Å². The third kappa shape index (κ3) is 3.46. The second kappa shape index (κ2) is 5.71. The van der Waals surface area contributed by atoms with Gasteiger partial charge in [-0.2, -0.15) is 0 Å². The molecule has 0 aromatic heterocycles. The molecule has 0 heterocycles. The Labute approximate surface area is 116 Å². The fourth-order valence-electron chi connectivity index (χ4n) is 1.54.